The maximum absolute atomic E-state index is 13.5. The van der Waals surface area contributed by atoms with Crippen LogP contribution in [0.2, 0.25) is 0 Å². The lowest BCUT2D eigenvalue weighted by Crippen LogP contribution is -2.12. The highest BCUT2D eigenvalue weighted by atomic mass is 19.4. The van der Waals surface area contributed by atoms with Gasteiger partial charge in [0, 0.05) is 13.1 Å². The van der Waals surface area contributed by atoms with Crippen molar-refractivity contribution in [2.45, 2.75) is 6.18 Å². The van der Waals surface area contributed by atoms with Gasteiger partial charge in [-0.2, -0.15) is 23.4 Å². The lowest BCUT2D eigenvalue weighted by Gasteiger charge is -2.12. The van der Waals surface area contributed by atoms with Crippen LogP contribution in [0.5, 0.6) is 0 Å². The number of alkyl halides is 3. The molecule has 5 nitrogen and oxygen atoms in total. The molecule has 0 saturated carbocycles. The van der Waals surface area contributed by atoms with Crippen LogP contribution in [-0.2, 0) is 6.18 Å². The first-order chi connectivity index (χ1) is 10.3. The third kappa shape index (κ3) is 3.22. The summed E-state index contributed by atoms with van der Waals surface area (Å²) in [4.78, 5) is 7.10. The second-order valence-corrected chi connectivity index (χ2v) is 4.11. The predicted octanol–water partition coefficient (Wildman–Crippen LogP) is 3.29. The minimum absolute atomic E-state index is 0.0105. The Labute approximate surface area is 122 Å². The van der Waals surface area contributed by atoms with Crippen LogP contribution < -0.4 is 10.6 Å². The molecule has 0 aliphatic carbocycles. The maximum Gasteiger partial charge on any atom is 0.433 e. The fourth-order valence-corrected chi connectivity index (χ4v) is 1.65. The number of nitriles is 1. The Morgan fingerprint density at radius 1 is 1.23 bits per heavy atom. The molecule has 1 aromatic carbocycles. The molecule has 1 heterocycles. The molecule has 0 atom stereocenters. The van der Waals surface area contributed by atoms with E-state index in [1.54, 1.807) is 6.07 Å². The highest BCUT2D eigenvalue weighted by Gasteiger charge is 2.33. The van der Waals surface area contributed by atoms with Gasteiger partial charge in [-0.15, -0.1) is 0 Å². The summed E-state index contributed by atoms with van der Waals surface area (Å²) in [7, 11) is 1.36. The van der Waals surface area contributed by atoms with Crippen LogP contribution in [0, 0.1) is 17.1 Å². The summed E-state index contributed by atoms with van der Waals surface area (Å²) in [5.41, 5.74) is -1.47. The van der Waals surface area contributed by atoms with Gasteiger partial charge in [-0.3, -0.25) is 0 Å². The first kappa shape index (κ1) is 15.5. The van der Waals surface area contributed by atoms with E-state index in [9.17, 15) is 17.6 Å². The van der Waals surface area contributed by atoms with Gasteiger partial charge in [-0.25, -0.2) is 9.37 Å². The summed E-state index contributed by atoms with van der Waals surface area (Å²) in [6.45, 7) is 0. The molecule has 22 heavy (non-hydrogen) atoms. The van der Waals surface area contributed by atoms with Crippen LogP contribution in [0.1, 0.15) is 11.3 Å². The van der Waals surface area contributed by atoms with Crippen molar-refractivity contribution < 1.29 is 17.6 Å². The average molecular weight is 311 g/mol. The molecule has 2 N–H and O–H groups in total. The van der Waals surface area contributed by atoms with Crippen molar-refractivity contribution in [2.24, 2.45) is 0 Å². The number of nitrogens with one attached hydrogen (secondary N) is 2. The minimum Gasteiger partial charge on any atom is -0.357 e. The number of hydrogen-bond donors (Lipinski definition) is 2. The summed E-state index contributed by atoms with van der Waals surface area (Å²) in [5, 5.41) is 13.8. The average Bonchev–Trinajstić information content (AvgIpc) is 2.46. The quantitative estimate of drug-likeness (QED) is 0.851. The second kappa shape index (κ2) is 5.85. The number of aromatic nitrogens is 2. The van der Waals surface area contributed by atoms with Crippen LogP contribution in [0.3, 0.4) is 0 Å². The molecule has 0 bridgehead atoms. The van der Waals surface area contributed by atoms with E-state index in [1.807, 2.05) is 0 Å². The molecule has 0 aliphatic heterocycles. The van der Waals surface area contributed by atoms with Crippen molar-refractivity contribution in [3.05, 3.63) is 41.3 Å². The predicted molar refractivity (Wildman–Crippen MR) is 71.0 cm³/mol. The summed E-state index contributed by atoms with van der Waals surface area (Å²) < 4.78 is 51.8. The van der Waals surface area contributed by atoms with Crippen LogP contribution in [0.25, 0.3) is 0 Å². The molecular formula is C13H9F4N5. The molecule has 0 amide bonds. The molecule has 0 saturated heterocycles. The van der Waals surface area contributed by atoms with Gasteiger partial charge in [0.15, 0.2) is 5.69 Å². The van der Waals surface area contributed by atoms with Crippen molar-refractivity contribution in [3.63, 3.8) is 0 Å². The Morgan fingerprint density at radius 2 is 1.95 bits per heavy atom. The van der Waals surface area contributed by atoms with Gasteiger partial charge in [-0.05, 0) is 12.1 Å². The number of hydrogen-bond acceptors (Lipinski definition) is 5. The van der Waals surface area contributed by atoms with Crippen LogP contribution in [0.15, 0.2) is 24.3 Å². The van der Waals surface area contributed by atoms with Gasteiger partial charge in [0.25, 0.3) is 0 Å². The molecule has 0 spiro atoms. The number of nitrogens with zero attached hydrogens (tertiary/aromatic N) is 3. The monoisotopic (exact) mass is 311 g/mol. The first-order valence-electron chi connectivity index (χ1n) is 5.95. The lowest BCUT2D eigenvalue weighted by molar-refractivity contribution is -0.141. The van der Waals surface area contributed by atoms with Crippen LogP contribution >= 0.6 is 0 Å². The zero-order valence-corrected chi connectivity index (χ0v) is 11.2. The fraction of sp³-hybridized carbons (Fsp3) is 0.154. The topological polar surface area (TPSA) is 73.6 Å². The summed E-state index contributed by atoms with van der Waals surface area (Å²) in [6.07, 6.45) is -4.66. The van der Waals surface area contributed by atoms with Gasteiger partial charge in [0.2, 0.25) is 5.95 Å². The third-order valence-electron chi connectivity index (χ3n) is 2.63. The van der Waals surface area contributed by atoms with E-state index in [-0.39, 0.29) is 23.0 Å². The Morgan fingerprint density at radius 3 is 2.55 bits per heavy atom. The summed E-state index contributed by atoms with van der Waals surface area (Å²) >= 11 is 0. The molecule has 2 aromatic rings. The van der Waals surface area contributed by atoms with Crippen molar-refractivity contribution in [2.75, 3.05) is 17.7 Å². The van der Waals surface area contributed by atoms with Crippen molar-refractivity contribution in [1.29, 1.82) is 5.26 Å². The van der Waals surface area contributed by atoms with E-state index in [0.29, 0.717) is 6.07 Å². The second-order valence-electron chi connectivity index (χ2n) is 4.11. The van der Waals surface area contributed by atoms with E-state index in [1.165, 1.54) is 19.2 Å². The normalized spacial score (nSPS) is 10.9. The van der Waals surface area contributed by atoms with Crippen LogP contribution in [0.4, 0.5) is 35.0 Å². The van der Waals surface area contributed by atoms with Crippen molar-refractivity contribution >= 4 is 17.5 Å². The van der Waals surface area contributed by atoms with Gasteiger partial charge in [0.05, 0.1) is 5.69 Å². The number of halogens is 4. The Balaban J connectivity index is 2.46. The maximum atomic E-state index is 13.5. The van der Waals surface area contributed by atoms with Crippen molar-refractivity contribution in [1.82, 2.24) is 9.97 Å². The highest BCUT2D eigenvalue weighted by molar-refractivity contribution is 5.65. The summed E-state index contributed by atoms with van der Waals surface area (Å²) in [5.74, 6) is -1.26. The standard InChI is InChI=1S/C13H9F4N5/c1-19-12-21-10(13(15,16)17)5-11(22-12)20-9-4-2-3-8(14)7(9)6-18/h2-5H,1H3,(H2,19,20,21,22). The Bertz CT molecular complexity index is 736. The highest BCUT2D eigenvalue weighted by Crippen LogP contribution is 2.31. The Hall–Kier alpha value is -2.89. The zero-order valence-electron chi connectivity index (χ0n) is 11.2. The van der Waals surface area contributed by atoms with E-state index >= 15 is 0 Å². The van der Waals surface area contributed by atoms with Gasteiger partial charge in [0.1, 0.15) is 23.3 Å². The molecular weight excluding hydrogens is 302 g/mol. The molecule has 0 aliphatic rings. The fourth-order valence-electron chi connectivity index (χ4n) is 1.65. The largest absolute Gasteiger partial charge is 0.433 e. The number of rotatable bonds is 3. The lowest BCUT2D eigenvalue weighted by atomic mass is 10.2. The van der Waals surface area contributed by atoms with Gasteiger partial charge >= 0.3 is 6.18 Å². The van der Waals surface area contributed by atoms with E-state index in [2.05, 4.69) is 20.6 Å². The number of anilines is 3. The Kier molecular flexibility index (Phi) is 4.12. The first-order valence-corrected chi connectivity index (χ1v) is 5.95. The molecule has 0 unspecified atom stereocenters. The molecule has 2 rings (SSSR count). The van der Waals surface area contributed by atoms with Crippen LogP contribution in [-0.4, -0.2) is 17.0 Å². The van der Waals surface area contributed by atoms with E-state index in [4.69, 9.17) is 5.26 Å². The zero-order chi connectivity index (χ0) is 16.3. The SMILES string of the molecule is CNc1nc(Nc2cccc(F)c2C#N)cc(C(F)(F)F)n1. The third-order valence-corrected chi connectivity index (χ3v) is 2.63. The van der Waals surface area contributed by atoms with E-state index < -0.39 is 17.7 Å². The summed E-state index contributed by atoms with van der Waals surface area (Å²) in [6, 6.07) is 6.07. The molecule has 114 valence electrons. The van der Waals surface area contributed by atoms with Crippen molar-refractivity contribution in [3.8, 4) is 6.07 Å². The number of benzene rings is 1. The van der Waals surface area contributed by atoms with Gasteiger partial charge < -0.3 is 10.6 Å². The minimum atomic E-state index is -4.66. The molecule has 0 fully saturated rings. The molecule has 0 radical (unpaired) electrons. The van der Waals surface area contributed by atoms with Gasteiger partial charge in [-0.1, -0.05) is 6.07 Å². The smallest absolute Gasteiger partial charge is 0.357 e. The molecule has 1 aromatic heterocycles. The molecule has 9 heteroatoms. The van der Waals surface area contributed by atoms with E-state index in [0.717, 1.165) is 6.07 Å².